The van der Waals surface area contributed by atoms with Gasteiger partial charge in [-0.05, 0) is 48.7 Å². The molecule has 0 spiro atoms. The quantitative estimate of drug-likeness (QED) is 0.540. The van der Waals surface area contributed by atoms with E-state index in [0.717, 1.165) is 42.1 Å². The summed E-state index contributed by atoms with van der Waals surface area (Å²) in [6, 6.07) is 13.3. The summed E-state index contributed by atoms with van der Waals surface area (Å²) in [5, 5.41) is 13.7. The molecule has 0 aliphatic carbocycles. The fourth-order valence-corrected chi connectivity index (χ4v) is 4.40. The molecule has 2 aromatic carbocycles. The van der Waals surface area contributed by atoms with Crippen LogP contribution in [0, 0.1) is 0 Å². The summed E-state index contributed by atoms with van der Waals surface area (Å²) in [5.74, 6) is 0.342. The van der Waals surface area contributed by atoms with E-state index in [2.05, 4.69) is 10.2 Å². The molecule has 2 N–H and O–H groups in total. The van der Waals surface area contributed by atoms with Gasteiger partial charge in [0.2, 0.25) is 5.91 Å². The van der Waals surface area contributed by atoms with Crippen molar-refractivity contribution in [2.24, 2.45) is 0 Å². The fourth-order valence-electron chi connectivity index (χ4n) is 3.36. The van der Waals surface area contributed by atoms with Crippen LogP contribution in [0.15, 0.2) is 47.4 Å². The van der Waals surface area contributed by atoms with E-state index in [0.29, 0.717) is 28.9 Å². The van der Waals surface area contributed by atoms with Gasteiger partial charge in [0.15, 0.2) is 0 Å². The number of aliphatic hydroxyl groups excluding tert-OH is 1. The maximum absolute atomic E-state index is 12.2. The van der Waals surface area contributed by atoms with Crippen molar-refractivity contribution in [3.8, 4) is 0 Å². The molecule has 1 aliphatic rings. The van der Waals surface area contributed by atoms with Gasteiger partial charge in [-0.3, -0.25) is 9.69 Å². The van der Waals surface area contributed by atoms with E-state index < -0.39 is 6.10 Å². The van der Waals surface area contributed by atoms with Crippen molar-refractivity contribution in [2.45, 2.75) is 37.0 Å². The molecule has 0 saturated carbocycles. The summed E-state index contributed by atoms with van der Waals surface area (Å²) in [5.41, 5.74) is 1.99. The van der Waals surface area contributed by atoms with Crippen molar-refractivity contribution in [1.29, 1.82) is 0 Å². The summed E-state index contributed by atoms with van der Waals surface area (Å²) < 4.78 is 5.93. The molecule has 1 heterocycles. The standard InChI is InChI=1S/C23H28Cl2N2O3S/c1-16(28)18-3-5-20(6-4-18)31-15-23(29)26-13-19-8-9-27(10-11-30-19)14-17-2-7-21(24)22(25)12-17/h2-7,12,16,19,28H,8-11,13-15H2,1H3,(H,26,29). The molecule has 2 aromatic rings. The summed E-state index contributed by atoms with van der Waals surface area (Å²) >= 11 is 13.6. The van der Waals surface area contributed by atoms with Gasteiger partial charge in [-0.15, -0.1) is 11.8 Å². The third-order valence-electron chi connectivity index (χ3n) is 5.18. The predicted octanol–water partition coefficient (Wildman–Crippen LogP) is 4.55. The lowest BCUT2D eigenvalue weighted by molar-refractivity contribution is -0.119. The lowest BCUT2D eigenvalue weighted by Crippen LogP contribution is -2.35. The molecular formula is C23H28Cl2N2O3S. The van der Waals surface area contributed by atoms with Crippen molar-refractivity contribution in [1.82, 2.24) is 10.2 Å². The highest BCUT2D eigenvalue weighted by molar-refractivity contribution is 8.00. The molecule has 168 valence electrons. The van der Waals surface area contributed by atoms with Crippen LogP contribution in [0.4, 0.5) is 0 Å². The van der Waals surface area contributed by atoms with Crippen LogP contribution < -0.4 is 5.32 Å². The first-order valence-electron chi connectivity index (χ1n) is 10.4. The minimum atomic E-state index is -0.484. The number of aliphatic hydroxyl groups is 1. The SMILES string of the molecule is CC(O)c1ccc(SCC(=O)NCC2CCN(Cc3ccc(Cl)c(Cl)c3)CCO2)cc1. The average molecular weight is 483 g/mol. The van der Waals surface area contributed by atoms with E-state index in [9.17, 15) is 9.90 Å². The van der Waals surface area contributed by atoms with Gasteiger partial charge in [0.25, 0.3) is 0 Å². The molecule has 0 radical (unpaired) electrons. The summed E-state index contributed by atoms with van der Waals surface area (Å²) in [6.07, 6.45) is 0.384. The topological polar surface area (TPSA) is 61.8 Å². The highest BCUT2D eigenvalue weighted by Crippen LogP contribution is 2.24. The van der Waals surface area contributed by atoms with E-state index >= 15 is 0 Å². The summed E-state index contributed by atoms with van der Waals surface area (Å²) in [6.45, 7) is 5.41. The molecule has 3 rings (SSSR count). The molecule has 1 amide bonds. The van der Waals surface area contributed by atoms with Gasteiger partial charge in [-0.1, -0.05) is 41.4 Å². The Bertz CT molecular complexity index is 864. The molecule has 1 aliphatic heterocycles. The average Bonchev–Trinajstić information content (AvgIpc) is 2.98. The summed E-state index contributed by atoms with van der Waals surface area (Å²) in [7, 11) is 0. The van der Waals surface area contributed by atoms with Crippen molar-refractivity contribution in [3.63, 3.8) is 0 Å². The first kappa shape index (κ1) is 24.4. The molecule has 2 atom stereocenters. The Balaban J connectivity index is 1.37. The zero-order valence-corrected chi connectivity index (χ0v) is 19.8. The molecule has 31 heavy (non-hydrogen) atoms. The number of carbonyl (C=O) groups is 1. The minimum Gasteiger partial charge on any atom is -0.389 e. The normalized spacial score (nSPS) is 18.4. The minimum absolute atomic E-state index is 0.00916. The van der Waals surface area contributed by atoms with Gasteiger partial charge in [-0.2, -0.15) is 0 Å². The van der Waals surface area contributed by atoms with Crippen LogP contribution in [-0.4, -0.2) is 54.0 Å². The maximum Gasteiger partial charge on any atom is 0.230 e. The van der Waals surface area contributed by atoms with E-state index in [1.165, 1.54) is 11.8 Å². The van der Waals surface area contributed by atoms with E-state index in [1.807, 2.05) is 42.5 Å². The number of thioether (sulfide) groups is 1. The van der Waals surface area contributed by atoms with E-state index in [4.69, 9.17) is 27.9 Å². The second kappa shape index (κ2) is 12.1. The highest BCUT2D eigenvalue weighted by Gasteiger charge is 2.18. The lowest BCUT2D eigenvalue weighted by Gasteiger charge is -2.19. The Labute approximate surface area is 198 Å². The van der Waals surface area contributed by atoms with E-state index in [-0.39, 0.29) is 12.0 Å². The van der Waals surface area contributed by atoms with Gasteiger partial charge in [0.05, 0.1) is 34.6 Å². The molecule has 2 unspecified atom stereocenters. The van der Waals surface area contributed by atoms with Crippen molar-refractivity contribution in [2.75, 3.05) is 32.0 Å². The Morgan fingerprint density at radius 3 is 2.71 bits per heavy atom. The predicted molar refractivity (Wildman–Crippen MR) is 127 cm³/mol. The smallest absolute Gasteiger partial charge is 0.230 e. The Morgan fingerprint density at radius 1 is 1.23 bits per heavy atom. The van der Waals surface area contributed by atoms with Crippen molar-refractivity contribution >= 4 is 40.9 Å². The maximum atomic E-state index is 12.2. The van der Waals surface area contributed by atoms with Gasteiger partial charge in [0.1, 0.15) is 0 Å². The molecule has 8 heteroatoms. The number of amides is 1. The van der Waals surface area contributed by atoms with Gasteiger partial charge in [-0.25, -0.2) is 0 Å². The number of benzene rings is 2. The number of hydrogen-bond donors (Lipinski definition) is 2. The first-order chi connectivity index (χ1) is 14.9. The number of rotatable bonds is 8. The van der Waals surface area contributed by atoms with Crippen molar-refractivity contribution < 1.29 is 14.6 Å². The van der Waals surface area contributed by atoms with Crippen LogP contribution in [-0.2, 0) is 16.1 Å². The third kappa shape index (κ3) is 7.97. The van der Waals surface area contributed by atoms with Crippen LogP contribution in [0.3, 0.4) is 0 Å². The van der Waals surface area contributed by atoms with Crippen LogP contribution in [0.25, 0.3) is 0 Å². The Kier molecular flexibility index (Phi) is 9.50. The lowest BCUT2D eigenvalue weighted by atomic mass is 10.1. The Hall–Kier alpha value is -1.28. The van der Waals surface area contributed by atoms with Crippen LogP contribution >= 0.6 is 35.0 Å². The number of nitrogens with one attached hydrogen (secondary N) is 1. The zero-order valence-electron chi connectivity index (χ0n) is 17.5. The number of carbonyl (C=O) groups excluding carboxylic acids is 1. The summed E-state index contributed by atoms with van der Waals surface area (Å²) in [4.78, 5) is 15.6. The number of halogens is 2. The molecule has 0 aromatic heterocycles. The van der Waals surface area contributed by atoms with Gasteiger partial charge >= 0.3 is 0 Å². The molecule has 5 nitrogen and oxygen atoms in total. The second-order valence-corrected chi connectivity index (χ2v) is 9.51. The number of nitrogens with zero attached hydrogens (tertiary/aromatic N) is 1. The largest absolute Gasteiger partial charge is 0.389 e. The highest BCUT2D eigenvalue weighted by atomic mass is 35.5. The second-order valence-electron chi connectivity index (χ2n) is 7.64. The monoisotopic (exact) mass is 482 g/mol. The molecule has 1 fully saturated rings. The van der Waals surface area contributed by atoms with Crippen molar-refractivity contribution in [3.05, 3.63) is 63.6 Å². The van der Waals surface area contributed by atoms with Crippen LogP contribution in [0.1, 0.15) is 30.6 Å². The molecular weight excluding hydrogens is 455 g/mol. The van der Waals surface area contributed by atoms with Crippen LogP contribution in [0.2, 0.25) is 10.0 Å². The third-order valence-corrected chi connectivity index (χ3v) is 6.93. The molecule has 0 bridgehead atoms. The van der Waals surface area contributed by atoms with Gasteiger partial charge < -0.3 is 15.2 Å². The number of ether oxygens (including phenoxy) is 1. The van der Waals surface area contributed by atoms with Gasteiger partial charge in [0, 0.05) is 31.1 Å². The number of hydrogen-bond acceptors (Lipinski definition) is 5. The Morgan fingerprint density at radius 2 is 2.00 bits per heavy atom. The zero-order chi connectivity index (χ0) is 22.2. The van der Waals surface area contributed by atoms with Crippen LogP contribution in [0.5, 0.6) is 0 Å². The first-order valence-corrected chi connectivity index (χ1v) is 12.1. The molecule has 1 saturated heterocycles. The fraction of sp³-hybridized carbons (Fsp3) is 0.435. The van der Waals surface area contributed by atoms with E-state index in [1.54, 1.807) is 6.92 Å².